The molecule has 0 saturated heterocycles. The number of aromatic nitrogens is 1. The number of nitrogens with zero attached hydrogens (tertiary/aromatic N) is 1. The number of hydrogen-bond donors (Lipinski definition) is 1. The summed E-state index contributed by atoms with van der Waals surface area (Å²) >= 11 is 0. The standard InChI is InChI=1S/C15H24N2O/c1-4-16-13-6-5-7-14-12(13)8-9-15(18)17(14)10-11(2)3/h8-9,11,13,16H,4-7,10H2,1-3H3. The van der Waals surface area contributed by atoms with Crippen LogP contribution in [0.25, 0.3) is 0 Å². The van der Waals surface area contributed by atoms with Gasteiger partial charge in [0.05, 0.1) is 0 Å². The lowest BCUT2D eigenvalue weighted by Gasteiger charge is -2.29. The monoisotopic (exact) mass is 248 g/mol. The average molecular weight is 248 g/mol. The molecule has 0 aliphatic heterocycles. The van der Waals surface area contributed by atoms with E-state index in [4.69, 9.17) is 0 Å². The van der Waals surface area contributed by atoms with Gasteiger partial charge in [0.15, 0.2) is 0 Å². The van der Waals surface area contributed by atoms with Gasteiger partial charge in [-0.3, -0.25) is 4.79 Å². The quantitative estimate of drug-likeness (QED) is 0.888. The Kier molecular flexibility index (Phi) is 4.23. The van der Waals surface area contributed by atoms with E-state index >= 15 is 0 Å². The molecule has 0 aromatic carbocycles. The van der Waals surface area contributed by atoms with Crippen molar-refractivity contribution < 1.29 is 0 Å². The van der Waals surface area contributed by atoms with Gasteiger partial charge in [0.1, 0.15) is 0 Å². The Morgan fingerprint density at radius 3 is 2.89 bits per heavy atom. The van der Waals surface area contributed by atoms with Crippen molar-refractivity contribution in [3.63, 3.8) is 0 Å². The van der Waals surface area contributed by atoms with Crippen molar-refractivity contribution in [1.82, 2.24) is 9.88 Å². The Balaban J connectivity index is 2.42. The zero-order valence-electron chi connectivity index (χ0n) is 11.7. The summed E-state index contributed by atoms with van der Waals surface area (Å²) in [7, 11) is 0. The summed E-state index contributed by atoms with van der Waals surface area (Å²) in [6.45, 7) is 8.28. The molecule has 0 radical (unpaired) electrons. The molecule has 1 heterocycles. The molecule has 0 amide bonds. The summed E-state index contributed by atoms with van der Waals surface area (Å²) in [6.07, 6.45) is 3.40. The number of rotatable bonds is 4. The minimum absolute atomic E-state index is 0.152. The minimum atomic E-state index is 0.152. The topological polar surface area (TPSA) is 34.0 Å². The maximum Gasteiger partial charge on any atom is 0.250 e. The molecule has 1 aromatic rings. The Morgan fingerprint density at radius 1 is 1.44 bits per heavy atom. The van der Waals surface area contributed by atoms with Crippen molar-refractivity contribution in [3.8, 4) is 0 Å². The van der Waals surface area contributed by atoms with Gasteiger partial charge in [0, 0.05) is 24.3 Å². The van der Waals surface area contributed by atoms with Gasteiger partial charge in [-0.05, 0) is 37.3 Å². The van der Waals surface area contributed by atoms with Crippen molar-refractivity contribution in [1.29, 1.82) is 0 Å². The lowest BCUT2D eigenvalue weighted by atomic mass is 9.90. The van der Waals surface area contributed by atoms with Crippen LogP contribution < -0.4 is 10.9 Å². The molecule has 3 heteroatoms. The Morgan fingerprint density at radius 2 is 2.22 bits per heavy atom. The van der Waals surface area contributed by atoms with Crippen molar-refractivity contribution in [2.45, 2.75) is 52.6 Å². The zero-order valence-corrected chi connectivity index (χ0v) is 11.7. The zero-order chi connectivity index (χ0) is 13.1. The first-order valence-electron chi connectivity index (χ1n) is 7.09. The van der Waals surface area contributed by atoms with Crippen LogP contribution in [0.1, 0.15) is 50.9 Å². The van der Waals surface area contributed by atoms with Gasteiger partial charge in [-0.25, -0.2) is 0 Å². The summed E-state index contributed by atoms with van der Waals surface area (Å²) in [5, 5.41) is 3.53. The van der Waals surface area contributed by atoms with E-state index in [-0.39, 0.29) is 5.56 Å². The third-order valence-corrected chi connectivity index (χ3v) is 3.61. The number of hydrogen-bond acceptors (Lipinski definition) is 2. The number of fused-ring (bicyclic) bond motifs is 1. The second-order valence-electron chi connectivity index (χ2n) is 5.58. The molecule has 3 nitrogen and oxygen atoms in total. The lowest BCUT2D eigenvalue weighted by Crippen LogP contribution is -2.32. The summed E-state index contributed by atoms with van der Waals surface area (Å²) in [4.78, 5) is 12.0. The first-order valence-corrected chi connectivity index (χ1v) is 7.09. The van der Waals surface area contributed by atoms with Gasteiger partial charge < -0.3 is 9.88 Å². The van der Waals surface area contributed by atoms with Gasteiger partial charge in [0.2, 0.25) is 0 Å². The highest BCUT2D eigenvalue weighted by atomic mass is 16.1. The van der Waals surface area contributed by atoms with Crippen molar-refractivity contribution in [2.24, 2.45) is 5.92 Å². The molecule has 0 saturated carbocycles. The smallest absolute Gasteiger partial charge is 0.250 e. The van der Waals surface area contributed by atoms with Gasteiger partial charge in [-0.1, -0.05) is 26.8 Å². The van der Waals surface area contributed by atoms with E-state index in [9.17, 15) is 4.79 Å². The van der Waals surface area contributed by atoms with E-state index in [1.807, 2.05) is 10.6 Å². The molecule has 0 bridgehead atoms. The molecule has 100 valence electrons. The first-order chi connectivity index (χ1) is 8.63. The van der Waals surface area contributed by atoms with E-state index in [1.165, 1.54) is 24.1 Å². The van der Waals surface area contributed by atoms with E-state index in [0.29, 0.717) is 12.0 Å². The van der Waals surface area contributed by atoms with Crippen LogP contribution in [0.5, 0.6) is 0 Å². The van der Waals surface area contributed by atoms with Gasteiger partial charge in [-0.2, -0.15) is 0 Å². The molecule has 1 aliphatic carbocycles. The molecule has 1 atom stereocenters. The fourth-order valence-electron chi connectivity index (χ4n) is 2.89. The first kappa shape index (κ1) is 13.3. The normalized spacial score (nSPS) is 19.0. The lowest BCUT2D eigenvalue weighted by molar-refractivity contribution is 0.430. The molecule has 2 rings (SSSR count). The van der Waals surface area contributed by atoms with E-state index in [2.05, 4.69) is 26.1 Å². The summed E-state index contributed by atoms with van der Waals surface area (Å²) in [6, 6.07) is 4.19. The van der Waals surface area contributed by atoms with E-state index in [0.717, 1.165) is 19.5 Å². The van der Waals surface area contributed by atoms with Gasteiger partial charge >= 0.3 is 0 Å². The molecule has 0 spiro atoms. The number of nitrogens with one attached hydrogen (secondary N) is 1. The van der Waals surface area contributed by atoms with Crippen molar-refractivity contribution >= 4 is 0 Å². The maximum atomic E-state index is 12.0. The van der Waals surface area contributed by atoms with E-state index < -0.39 is 0 Å². The Bertz CT molecular complexity index is 462. The third-order valence-electron chi connectivity index (χ3n) is 3.61. The highest BCUT2D eigenvalue weighted by Crippen LogP contribution is 2.28. The molecule has 1 N–H and O–H groups in total. The van der Waals surface area contributed by atoms with Crippen LogP contribution in [0, 0.1) is 5.92 Å². The highest BCUT2D eigenvalue weighted by Gasteiger charge is 2.22. The van der Waals surface area contributed by atoms with Gasteiger partial charge in [0.25, 0.3) is 5.56 Å². The fraction of sp³-hybridized carbons (Fsp3) is 0.667. The fourth-order valence-corrected chi connectivity index (χ4v) is 2.89. The molecule has 1 aliphatic rings. The Hall–Kier alpha value is -1.09. The number of pyridine rings is 1. The average Bonchev–Trinajstić information content (AvgIpc) is 2.33. The molecular formula is C15H24N2O. The molecular weight excluding hydrogens is 224 g/mol. The molecule has 18 heavy (non-hydrogen) atoms. The van der Waals surface area contributed by atoms with Crippen LogP contribution >= 0.6 is 0 Å². The van der Waals surface area contributed by atoms with Crippen molar-refractivity contribution in [2.75, 3.05) is 6.54 Å². The van der Waals surface area contributed by atoms with Crippen LogP contribution in [0.15, 0.2) is 16.9 Å². The highest BCUT2D eigenvalue weighted by molar-refractivity contribution is 5.27. The van der Waals surface area contributed by atoms with Crippen LogP contribution in [0.3, 0.4) is 0 Å². The van der Waals surface area contributed by atoms with E-state index in [1.54, 1.807) is 6.07 Å². The SMILES string of the molecule is CCNC1CCCc2c1ccc(=O)n2CC(C)C. The second-order valence-corrected chi connectivity index (χ2v) is 5.58. The Labute approximate surface area is 109 Å². The van der Waals surface area contributed by atoms with Crippen LogP contribution in [0.2, 0.25) is 0 Å². The van der Waals surface area contributed by atoms with Crippen LogP contribution in [-0.2, 0) is 13.0 Å². The largest absolute Gasteiger partial charge is 0.312 e. The predicted octanol–water partition coefficient (Wildman–Crippen LogP) is 2.49. The summed E-state index contributed by atoms with van der Waals surface area (Å²) < 4.78 is 1.99. The maximum absolute atomic E-state index is 12.0. The second kappa shape index (κ2) is 5.70. The van der Waals surface area contributed by atoms with Crippen molar-refractivity contribution in [3.05, 3.63) is 33.7 Å². The molecule has 1 unspecified atom stereocenters. The van der Waals surface area contributed by atoms with Crippen LogP contribution in [0.4, 0.5) is 0 Å². The minimum Gasteiger partial charge on any atom is -0.312 e. The summed E-state index contributed by atoms with van der Waals surface area (Å²) in [5.41, 5.74) is 2.75. The predicted molar refractivity (Wildman–Crippen MR) is 74.9 cm³/mol. The summed E-state index contributed by atoms with van der Waals surface area (Å²) in [5.74, 6) is 0.508. The third kappa shape index (κ3) is 2.66. The van der Waals surface area contributed by atoms with Crippen LogP contribution in [-0.4, -0.2) is 11.1 Å². The molecule has 1 aromatic heterocycles. The van der Waals surface area contributed by atoms with Gasteiger partial charge in [-0.15, -0.1) is 0 Å². The molecule has 0 fully saturated rings.